The highest BCUT2D eigenvalue weighted by atomic mass is 79.9. The Morgan fingerprint density at radius 1 is 1.35 bits per heavy atom. The first-order valence-corrected chi connectivity index (χ1v) is 9.91. The molecule has 2 unspecified atom stereocenters. The van der Waals surface area contributed by atoms with E-state index in [1.54, 1.807) is 6.20 Å². The number of carbonyl (C=O) groups is 2. The van der Waals surface area contributed by atoms with Gasteiger partial charge in [0.25, 0.3) is 0 Å². The van der Waals surface area contributed by atoms with Crippen molar-refractivity contribution < 1.29 is 9.59 Å². The Labute approximate surface area is 148 Å². The Morgan fingerprint density at radius 2 is 2.04 bits per heavy atom. The minimum absolute atomic E-state index is 0.00897. The van der Waals surface area contributed by atoms with Gasteiger partial charge in [0.1, 0.15) is 0 Å². The molecule has 4 saturated carbocycles. The number of nitrogens with zero attached hydrogens (tertiary/aromatic N) is 1. The maximum atomic E-state index is 12.5. The highest BCUT2D eigenvalue weighted by Crippen LogP contribution is 2.65. The second-order valence-corrected chi connectivity index (χ2v) is 10.6. The summed E-state index contributed by atoms with van der Waals surface area (Å²) >= 11 is 5.25. The van der Waals surface area contributed by atoms with E-state index in [1.165, 1.54) is 50.4 Å². The fourth-order valence-electron chi connectivity index (χ4n) is 5.54. The summed E-state index contributed by atoms with van der Waals surface area (Å²) in [4.78, 5) is 28.6. The third kappa shape index (κ3) is 3.00. The van der Waals surface area contributed by atoms with Gasteiger partial charge in [0.2, 0.25) is 5.91 Å². The Kier molecular flexibility index (Phi) is 3.69. The van der Waals surface area contributed by atoms with Crippen LogP contribution in [0.4, 0.5) is 5.13 Å². The molecule has 4 aliphatic carbocycles. The largest absolute Gasteiger partial charge is 0.302 e. The summed E-state index contributed by atoms with van der Waals surface area (Å²) < 4.78 is 0.278. The van der Waals surface area contributed by atoms with E-state index in [-0.39, 0.29) is 21.4 Å². The molecule has 1 heterocycles. The predicted molar refractivity (Wildman–Crippen MR) is 94.1 cm³/mol. The zero-order valence-corrected chi connectivity index (χ0v) is 15.6. The van der Waals surface area contributed by atoms with Crippen molar-refractivity contribution in [3.05, 3.63) is 11.1 Å². The van der Waals surface area contributed by atoms with Gasteiger partial charge in [-0.3, -0.25) is 9.59 Å². The molecule has 2 atom stereocenters. The number of nitrogens with one attached hydrogen (secondary N) is 1. The third-order valence-electron chi connectivity index (χ3n) is 5.75. The monoisotopic (exact) mass is 396 g/mol. The molecule has 1 aromatic rings. The van der Waals surface area contributed by atoms with Crippen LogP contribution in [0, 0.1) is 17.3 Å². The van der Waals surface area contributed by atoms with Crippen molar-refractivity contribution in [1.82, 2.24) is 4.98 Å². The topological polar surface area (TPSA) is 59.1 Å². The lowest BCUT2D eigenvalue weighted by molar-refractivity contribution is -0.123. The number of aromatic nitrogens is 1. The van der Waals surface area contributed by atoms with Gasteiger partial charge in [-0.2, -0.15) is 0 Å². The molecule has 0 saturated heterocycles. The lowest BCUT2D eigenvalue weighted by Gasteiger charge is -2.60. The molecule has 1 amide bonds. The lowest BCUT2D eigenvalue weighted by atomic mass is 9.48. The lowest BCUT2D eigenvalue weighted by Crippen LogP contribution is -2.53. The second-order valence-electron chi connectivity index (χ2n) is 7.92. The van der Waals surface area contributed by atoms with Gasteiger partial charge in [-0.15, -0.1) is 0 Å². The highest BCUT2D eigenvalue weighted by Gasteiger charge is 2.57. The van der Waals surface area contributed by atoms with E-state index < -0.39 is 0 Å². The minimum Gasteiger partial charge on any atom is -0.302 e. The molecule has 6 heteroatoms. The van der Waals surface area contributed by atoms with E-state index in [9.17, 15) is 9.59 Å². The van der Waals surface area contributed by atoms with Gasteiger partial charge in [-0.05, 0) is 55.8 Å². The van der Waals surface area contributed by atoms with Crippen molar-refractivity contribution in [2.24, 2.45) is 17.3 Å². The van der Waals surface area contributed by atoms with Crippen molar-refractivity contribution >= 4 is 44.1 Å². The average Bonchev–Trinajstić information content (AvgIpc) is 2.83. The number of rotatable bonds is 4. The molecule has 5 rings (SSSR count). The number of amides is 1. The van der Waals surface area contributed by atoms with Crippen LogP contribution in [0.15, 0.2) is 6.20 Å². The number of alkyl halides is 1. The summed E-state index contributed by atoms with van der Waals surface area (Å²) in [6.45, 7) is 1.52. The van der Waals surface area contributed by atoms with E-state index >= 15 is 0 Å². The first-order chi connectivity index (χ1) is 10.8. The van der Waals surface area contributed by atoms with Gasteiger partial charge in [0.15, 0.2) is 10.9 Å². The van der Waals surface area contributed by atoms with E-state index in [4.69, 9.17) is 0 Å². The summed E-state index contributed by atoms with van der Waals surface area (Å²) in [5.41, 5.74) is 0.165. The molecule has 4 bridgehead atoms. The number of halogens is 1. The van der Waals surface area contributed by atoms with Crippen molar-refractivity contribution in [1.29, 1.82) is 0 Å². The van der Waals surface area contributed by atoms with Crippen LogP contribution in [-0.4, -0.2) is 21.0 Å². The second kappa shape index (κ2) is 5.38. The number of hydrogen-bond acceptors (Lipinski definition) is 4. The van der Waals surface area contributed by atoms with E-state index in [1.807, 2.05) is 0 Å². The molecule has 0 radical (unpaired) electrons. The highest BCUT2D eigenvalue weighted by molar-refractivity contribution is 9.10. The first-order valence-electron chi connectivity index (χ1n) is 8.30. The zero-order valence-electron chi connectivity index (χ0n) is 13.2. The molecular formula is C17H21BrN2O2S. The number of carbonyl (C=O) groups excluding carboxylic acids is 2. The standard InChI is InChI=1S/C17H21BrN2O2S/c1-10(21)13-8-19-15(23-13)20-14(22)7-16-3-11-2-12(4-16)6-17(18,5-11)9-16/h8,11-12H,2-7,9H2,1H3,(H,19,20,22). The smallest absolute Gasteiger partial charge is 0.226 e. The van der Waals surface area contributed by atoms with Crippen LogP contribution in [0.1, 0.15) is 61.5 Å². The van der Waals surface area contributed by atoms with Crippen molar-refractivity contribution in [3.63, 3.8) is 0 Å². The Hall–Kier alpha value is -0.750. The Balaban J connectivity index is 1.45. The number of ketones is 1. The predicted octanol–water partition coefficient (Wildman–Crippen LogP) is 4.41. The van der Waals surface area contributed by atoms with Crippen molar-refractivity contribution in [3.8, 4) is 0 Å². The Morgan fingerprint density at radius 3 is 2.61 bits per heavy atom. The van der Waals surface area contributed by atoms with Gasteiger partial charge >= 0.3 is 0 Å². The molecule has 0 aromatic carbocycles. The summed E-state index contributed by atoms with van der Waals surface area (Å²) in [6.07, 6.45) is 9.55. The molecule has 23 heavy (non-hydrogen) atoms. The number of hydrogen-bond donors (Lipinski definition) is 1. The maximum absolute atomic E-state index is 12.5. The summed E-state index contributed by atoms with van der Waals surface area (Å²) in [5, 5.41) is 3.45. The summed E-state index contributed by atoms with van der Waals surface area (Å²) in [6, 6.07) is 0. The maximum Gasteiger partial charge on any atom is 0.226 e. The summed E-state index contributed by atoms with van der Waals surface area (Å²) in [5.74, 6) is 1.61. The fraction of sp³-hybridized carbons (Fsp3) is 0.706. The van der Waals surface area contributed by atoms with Crippen LogP contribution in [0.5, 0.6) is 0 Å². The van der Waals surface area contributed by atoms with Gasteiger partial charge in [-0.25, -0.2) is 4.98 Å². The average molecular weight is 397 g/mol. The SMILES string of the molecule is CC(=O)c1cnc(NC(=O)CC23CC4CC(CC(Br)(C4)C2)C3)s1. The molecule has 4 nitrogen and oxygen atoms in total. The molecular weight excluding hydrogens is 376 g/mol. The number of anilines is 1. The Bertz CT molecular complexity index is 657. The molecule has 4 fully saturated rings. The minimum atomic E-state index is -0.00897. The number of thiazole rings is 1. The molecule has 124 valence electrons. The van der Waals surface area contributed by atoms with E-state index in [0.29, 0.717) is 16.4 Å². The normalized spacial score (nSPS) is 37.8. The van der Waals surface area contributed by atoms with Gasteiger partial charge in [0, 0.05) is 17.7 Å². The van der Waals surface area contributed by atoms with Crippen LogP contribution in [0.25, 0.3) is 0 Å². The summed E-state index contributed by atoms with van der Waals surface area (Å²) in [7, 11) is 0. The van der Waals surface area contributed by atoms with Crippen LogP contribution in [0.3, 0.4) is 0 Å². The van der Waals surface area contributed by atoms with E-state index in [0.717, 1.165) is 18.3 Å². The van der Waals surface area contributed by atoms with Crippen LogP contribution in [-0.2, 0) is 4.79 Å². The number of Topliss-reactive ketones (excluding diaryl/α,β-unsaturated/α-hetero) is 1. The zero-order chi connectivity index (χ0) is 16.2. The molecule has 0 aliphatic heterocycles. The quantitative estimate of drug-likeness (QED) is 0.605. The molecule has 0 spiro atoms. The van der Waals surface area contributed by atoms with Crippen molar-refractivity contribution in [2.45, 2.75) is 56.2 Å². The van der Waals surface area contributed by atoms with Gasteiger partial charge in [0.05, 0.1) is 11.1 Å². The van der Waals surface area contributed by atoms with Crippen LogP contribution < -0.4 is 5.32 Å². The molecule has 1 aromatic heterocycles. The van der Waals surface area contributed by atoms with Crippen molar-refractivity contribution in [2.75, 3.05) is 5.32 Å². The molecule has 1 N–H and O–H groups in total. The van der Waals surface area contributed by atoms with Crippen LogP contribution in [0.2, 0.25) is 0 Å². The van der Waals surface area contributed by atoms with Gasteiger partial charge in [-0.1, -0.05) is 27.3 Å². The van der Waals surface area contributed by atoms with Crippen LogP contribution >= 0.6 is 27.3 Å². The fourth-order valence-corrected chi connectivity index (χ4v) is 7.78. The van der Waals surface area contributed by atoms with E-state index in [2.05, 4.69) is 26.2 Å². The third-order valence-corrected chi connectivity index (χ3v) is 7.69. The first kappa shape index (κ1) is 15.8. The molecule has 4 aliphatic rings. The van der Waals surface area contributed by atoms with Gasteiger partial charge < -0.3 is 5.32 Å².